The van der Waals surface area contributed by atoms with Crippen molar-refractivity contribution in [2.75, 3.05) is 10.6 Å². The Kier molecular flexibility index (Phi) is 5.26. The molecule has 25 heavy (non-hydrogen) atoms. The van der Waals surface area contributed by atoms with Gasteiger partial charge in [0.2, 0.25) is 5.91 Å². The molecule has 0 fully saturated rings. The van der Waals surface area contributed by atoms with Crippen LogP contribution in [-0.4, -0.2) is 16.8 Å². The Hall–Kier alpha value is -2.69. The summed E-state index contributed by atoms with van der Waals surface area (Å²) in [5.41, 5.74) is 3.97. The van der Waals surface area contributed by atoms with Crippen LogP contribution >= 0.6 is 0 Å². The molecule has 5 heteroatoms. The second kappa shape index (κ2) is 7.05. The summed E-state index contributed by atoms with van der Waals surface area (Å²) in [6.07, 6.45) is 0. The summed E-state index contributed by atoms with van der Waals surface area (Å²) in [6.45, 7) is 11.3. The van der Waals surface area contributed by atoms with Gasteiger partial charge in [-0.15, -0.1) is 0 Å². The fourth-order valence-electron chi connectivity index (χ4n) is 2.46. The summed E-state index contributed by atoms with van der Waals surface area (Å²) in [7, 11) is 0. The van der Waals surface area contributed by atoms with Crippen molar-refractivity contribution < 1.29 is 9.59 Å². The number of rotatable bonds is 3. The molecule has 5 nitrogen and oxygen atoms in total. The highest BCUT2D eigenvalue weighted by Gasteiger charge is 2.21. The molecule has 0 radical (unpaired) electrons. The third kappa shape index (κ3) is 4.66. The fourth-order valence-corrected chi connectivity index (χ4v) is 2.46. The predicted octanol–water partition coefficient (Wildman–Crippen LogP) is 4.24. The van der Waals surface area contributed by atoms with Gasteiger partial charge in [0.05, 0.1) is 11.4 Å². The molecular weight excluding hydrogens is 314 g/mol. The number of hydrogen-bond donors (Lipinski definition) is 2. The zero-order valence-electron chi connectivity index (χ0n) is 15.7. The van der Waals surface area contributed by atoms with E-state index in [9.17, 15) is 9.59 Å². The fraction of sp³-hybridized carbons (Fsp3) is 0.350. The van der Waals surface area contributed by atoms with E-state index < -0.39 is 5.41 Å². The smallest absolute Gasteiger partial charge is 0.255 e. The van der Waals surface area contributed by atoms with E-state index in [0.29, 0.717) is 11.3 Å². The second-order valence-electron chi connectivity index (χ2n) is 7.28. The average molecular weight is 339 g/mol. The number of aromatic nitrogens is 1. The Morgan fingerprint density at radius 1 is 1.00 bits per heavy atom. The van der Waals surface area contributed by atoms with Crippen LogP contribution in [0, 0.1) is 26.2 Å². The van der Waals surface area contributed by atoms with Gasteiger partial charge in [-0.1, -0.05) is 26.8 Å². The molecule has 0 atom stereocenters. The molecule has 0 aliphatic rings. The van der Waals surface area contributed by atoms with Crippen LogP contribution in [0.25, 0.3) is 0 Å². The van der Waals surface area contributed by atoms with E-state index in [4.69, 9.17) is 0 Å². The van der Waals surface area contributed by atoms with Gasteiger partial charge in [-0.25, -0.2) is 0 Å². The summed E-state index contributed by atoms with van der Waals surface area (Å²) in [5, 5.41) is 5.76. The van der Waals surface area contributed by atoms with Gasteiger partial charge in [-0.3, -0.25) is 14.6 Å². The van der Waals surface area contributed by atoms with Gasteiger partial charge in [0.25, 0.3) is 5.91 Å². The van der Waals surface area contributed by atoms with Crippen molar-refractivity contribution in [2.24, 2.45) is 5.41 Å². The first kappa shape index (κ1) is 18.6. The molecule has 0 unspecified atom stereocenters. The molecule has 0 spiro atoms. The van der Waals surface area contributed by atoms with Crippen molar-refractivity contribution in [1.82, 2.24) is 4.98 Å². The number of carbonyl (C=O) groups excluding carboxylic acids is 2. The maximum atomic E-state index is 12.6. The molecule has 0 saturated carbocycles. The number of amides is 2. The van der Waals surface area contributed by atoms with Crippen LogP contribution in [0.5, 0.6) is 0 Å². The van der Waals surface area contributed by atoms with Crippen molar-refractivity contribution in [3.05, 3.63) is 52.8 Å². The van der Waals surface area contributed by atoms with Crippen molar-refractivity contribution in [3.8, 4) is 0 Å². The topological polar surface area (TPSA) is 71.1 Å². The highest BCUT2D eigenvalue weighted by Crippen LogP contribution is 2.22. The minimum Gasteiger partial charge on any atom is -0.326 e. The summed E-state index contributed by atoms with van der Waals surface area (Å²) in [6, 6.07) is 8.84. The maximum Gasteiger partial charge on any atom is 0.255 e. The number of hydrogen-bond acceptors (Lipinski definition) is 3. The number of aryl methyl sites for hydroxylation is 3. The minimum atomic E-state index is -0.500. The zero-order chi connectivity index (χ0) is 18.8. The Balaban J connectivity index is 2.21. The van der Waals surface area contributed by atoms with Gasteiger partial charge >= 0.3 is 0 Å². The Labute approximate surface area is 148 Å². The number of nitrogens with zero attached hydrogens (tertiary/aromatic N) is 1. The van der Waals surface area contributed by atoms with Crippen molar-refractivity contribution in [3.63, 3.8) is 0 Å². The standard InChI is InChI=1S/C20H25N3O2/c1-12-10-13(2)21-14(3)17(12)23-18(24)15-8-7-9-16(11-15)22-19(25)20(4,5)6/h7-11H,1-6H3,(H,22,25)(H,23,24). The molecule has 1 aromatic carbocycles. The quantitative estimate of drug-likeness (QED) is 0.878. The SMILES string of the molecule is Cc1cc(C)c(NC(=O)c2cccc(NC(=O)C(C)(C)C)c2)c(C)n1. The van der Waals surface area contributed by atoms with E-state index in [0.717, 1.165) is 22.6 Å². The Morgan fingerprint density at radius 3 is 2.28 bits per heavy atom. The lowest BCUT2D eigenvalue weighted by Crippen LogP contribution is -2.27. The number of benzene rings is 1. The van der Waals surface area contributed by atoms with Crippen LogP contribution in [0.15, 0.2) is 30.3 Å². The van der Waals surface area contributed by atoms with Gasteiger partial charge in [0.15, 0.2) is 0 Å². The monoisotopic (exact) mass is 339 g/mol. The normalized spacial score (nSPS) is 11.1. The van der Waals surface area contributed by atoms with Crippen LogP contribution in [0.4, 0.5) is 11.4 Å². The van der Waals surface area contributed by atoms with Crippen LogP contribution in [0.1, 0.15) is 48.1 Å². The van der Waals surface area contributed by atoms with E-state index in [2.05, 4.69) is 15.6 Å². The van der Waals surface area contributed by atoms with E-state index >= 15 is 0 Å². The highest BCUT2D eigenvalue weighted by molar-refractivity contribution is 6.06. The molecule has 132 valence electrons. The first-order valence-corrected chi connectivity index (χ1v) is 8.25. The molecular formula is C20H25N3O2. The van der Waals surface area contributed by atoms with E-state index in [1.165, 1.54) is 0 Å². The maximum absolute atomic E-state index is 12.6. The second-order valence-corrected chi connectivity index (χ2v) is 7.28. The van der Waals surface area contributed by atoms with Crippen LogP contribution in [0.2, 0.25) is 0 Å². The molecule has 0 saturated heterocycles. The summed E-state index contributed by atoms with van der Waals surface area (Å²) in [5.74, 6) is -0.330. The van der Waals surface area contributed by atoms with Gasteiger partial charge in [-0.2, -0.15) is 0 Å². The lowest BCUT2D eigenvalue weighted by atomic mass is 9.95. The largest absolute Gasteiger partial charge is 0.326 e. The van der Waals surface area contributed by atoms with E-state index in [1.54, 1.807) is 24.3 Å². The summed E-state index contributed by atoms with van der Waals surface area (Å²) < 4.78 is 0. The molecule has 0 aliphatic carbocycles. The third-order valence-electron chi connectivity index (χ3n) is 3.83. The third-order valence-corrected chi connectivity index (χ3v) is 3.83. The molecule has 2 aromatic rings. The Morgan fingerprint density at radius 2 is 1.68 bits per heavy atom. The molecule has 2 amide bonds. The van der Waals surface area contributed by atoms with Crippen LogP contribution < -0.4 is 10.6 Å². The van der Waals surface area contributed by atoms with Crippen molar-refractivity contribution in [1.29, 1.82) is 0 Å². The Bertz CT molecular complexity index is 797. The number of pyridine rings is 1. The van der Waals surface area contributed by atoms with Crippen LogP contribution in [0.3, 0.4) is 0 Å². The first-order chi connectivity index (χ1) is 11.6. The van der Waals surface area contributed by atoms with Crippen molar-refractivity contribution in [2.45, 2.75) is 41.5 Å². The molecule has 1 heterocycles. The number of carbonyl (C=O) groups is 2. The van der Waals surface area contributed by atoms with Gasteiger partial charge in [0, 0.05) is 22.4 Å². The minimum absolute atomic E-state index is 0.0977. The van der Waals surface area contributed by atoms with Crippen LogP contribution in [-0.2, 0) is 4.79 Å². The van der Waals surface area contributed by atoms with Gasteiger partial charge in [-0.05, 0) is 50.6 Å². The summed E-state index contributed by atoms with van der Waals surface area (Å²) >= 11 is 0. The molecule has 2 N–H and O–H groups in total. The number of nitrogens with one attached hydrogen (secondary N) is 2. The molecule has 0 aliphatic heterocycles. The average Bonchev–Trinajstić information content (AvgIpc) is 2.50. The van der Waals surface area contributed by atoms with Gasteiger partial charge < -0.3 is 10.6 Å². The highest BCUT2D eigenvalue weighted by atomic mass is 16.2. The lowest BCUT2D eigenvalue weighted by Gasteiger charge is -2.18. The number of anilines is 2. The molecule has 2 rings (SSSR count). The van der Waals surface area contributed by atoms with Crippen molar-refractivity contribution >= 4 is 23.2 Å². The predicted molar refractivity (Wildman–Crippen MR) is 101 cm³/mol. The summed E-state index contributed by atoms with van der Waals surface area (Å²) in [4.78, 5) is 29.1. The lowest BCUT2D eigenvalue weighted by molar-refractivity contribution is -0.123. The van der Waals surface area contributed by atoms with E-state index in [-0.39, 0.29) is 11.8 Å². The van der Waals surface area contributed by atoms with E-state index in [1.807, 2.05) is 47.6 Å². The molecule has 1 aromatic heterocycles. The van der Waals surface area contributed by atoms with Gasteiger partial charge in [0.1, 0.15) is 0 Å². The first-order valence-electron chi connectivity index (χ1n) is 8.25. The zero-order valence-corrected chi connectivity index (χ0v) is 15.7. The molecule has 0 bridgehead atoms.